The first-order chi connectivity index (χ1) is 13.3. The second-order valence-electron chi connectivity index (χ2n) is 6.74. The van der Waals surface area contributed by atoms with Gasteiger partial charge in [0.1, 0.15) is 36.7 Å². The molecule has 0 aliphatic carbocycles. The fourth-order valence-electron chi connectivity index (χ4n) is 3.82. The summed E-state index contributed by atoms with van der Waals surface area (Å²) >= 11 is 0. The van der Waals surface area contributed by atoms with Gasteiger partial charge in [0.2, 0.25) is 5.36 Å². The molecule has 3 aliphatic heterocycles. The fourth-order valence-corrected chi connectivity index (χ4v) is 3.82. The number of benzene rings is 2. The van der Waals surface area contributed by atoms with Crippen LogP contribution < -0.4 is 46.8 Å². The lowest BCUT2D eigenvalue weighted by Crippen LogP contribution is -3.00. The number of likely N-dealkylation sites (N-methyl/N-ethyl adjacent to an activating group) is 1. The smallest absolute Gasteiger partial charge is 0.246 e. The van der Waals surface area contributed by atoms with E-state index in [0.29, 0.717) is 43.2 Å². The highest BCUT2D eigenvalue weighted by Crippen LogP contribution is 2.44. The molecular formula is C20H21ClFN3O3. The Morgan fingerprint density at radius 1 is 1.07 bits per heavy atom. The first-order valence-corrected chi connectivity index (χ1v) is 9.34. The summed E-state index contributed by atoms with van der Waals surface area (Å²) in [6, 6.07) is 7.70. The highest BCUT2D eigenvalue weighted by atomic mass is 35.5. The monoisotopic (exact) mass is 404 g/mol. The number of rotatable bonds is 3. The highest BCUT2D eigenvalue weighted by Gasteiger charge is 2.25. The predicted molar refractivity (Wildman–Crippen MR) is 99.2 cm³/mol. The zero-order valence-electron chi connectivity index (χ0n) is 15.6. The zero-order valence-corrected chi connectivity index (χ0v) is 16.3. The van der Waals surface area contributed by atoms with Gasteiger partial charge in [0, 0.05) is 24.7 Å². The maximum atomic E-state index is 12.9. The van der Waals surface area contributed by atoms with Crippen molar-refractivity contribution in [1.82, 2.24) is 4.58 Å². The molecule has 0 amide bonds. The van der Waals surface area contributed by atoms with Crippen molar-refractivity contribution < 1.29 is 31.0 Å². The molecule has 0 saturated carbocycles. The molecule has 0 unspecified atom stereocenters. The summed E-state index contributed by atoms with van der Waals surface area (Å²) in [7, 11) is 0. The molecule has 0 spiro atoms. The van der Waals surface area contributed by atoms with Gasteiger partial charge in [-0.2, -0.15) is 0 Å². The normalized spacial score (nSPS) is 16.1. The van der Waals surface area contributed by atoms with Crippen molar-refractivity contribution in [2.45, 2.75) is 6.92 Å². The minimum atomic E-state index is -0.399. The average Bonchev–Trinajstić information content (AvgIpc) is 2.69. The van der Waals surface area contributed by atoms with Gasteiger partial charge in [-0.05, 0) is 6.92 Å². The Morgan fingerprint density at radius 2 is 1.93 bits per heavy atom. The van der Waals surface area contributed by atoms with E-state index in [1.807, 2.05) is 28.8 Å². The van der Waals surface area contributed by atoms with Gasteiger partial charge < -0.3 is 31.5 Å². The molecule has 3 heterocycles. The van der Waals surface area contributed by atoms with E-state index in [1.165, 1.54) is 0 Å². The summed E-state index contributed by atoms with van der Waals surface area (Å²) in [5.41, 5.74) is 1.78. The predicted octanol–water partition coefficient (Wildman–Crippen LogP) is -1.18. The molecule has 0 fully saturated rings. The van der Waals surface area contributed by atoms with Gasteiger partial charge in [0.25, 0.3) is 0 Å². The van der Waals surface area contributed by atoms with Crippen LogP contribution in [0.3, 0.4) is 0 Å². The maximum absolute atomic E-state index is 12.9. The van der Waals surface area contributed by atoms with Crippen molar-refractivity contribution in [3.8, 4) is 23.0 Å². The summed E-state index contributed by atoms with van der Waals surface area (Å²) in [6.07, 6.45) is 0. The van der Waals surface area contributed by atoms with Gasteiger partial charge in [-0.1, -0.05) is 0 Å². The largest absolute Gasteiger partial charge is 1.00 e. The molecule has 0 radical (unpaired) electrons. The SMILES string of the molecule is CCN1CCOc2cc3c(cc21)Oc1cc2c(cc1=N3)OCC[N+]=2CC[18F].[Cl-]. The molecule has 5 rings (SSSR count). The lowest BCUT2D eigenvalue weighted by atomic mass is 10.1. The number of halogens is 2. The van der Waals surface area contributed by atoms with Crippen molar-refractivity contribution >= 4 is 11.4 Å². The minimum Gasteiger partial charge on any atom is -1.00 e. The van der Waals surface area contributed by atoms with E-state index >= 15 is 0 Å². The summed E-state index contributed by atoms with van der Waals surface area (Å²) in [5, 5.41) is 1.57. The van der Waals surface area contributed by atoms with E-state index in [1.54, 1.807) is 0 Å². The van der Waals surface area contributed by atoms with Gasteiger partial charge in [-0.3, -0.25) is 0 Å². The van der Waals surface area contributed by atoms with Crippen LogP contribution in [0.25, 0.3) is 0 Å². The van der Waals surface area contributed by atoms with Crippen molar-refractivity contribution in [2.24, 2.45) is 4.99 Å². The summed E-state index contributed by atoms with van der Waals surface area (Å²) in [4.78, 5) is 7.02. The van der Waals surface area contributed by atoms with Crippen LogP contribution in [0, 0.1) is 0 Å². The van der Waals surface area contributed by atoms with Gasteiger partial charge in [-0.15, -0.1) is 0 Å². The number of nitrogens with zero attached hydrogens (tertiary/aromatic N) is 3. The van der Waals surface area contributed by atoms with Crippen LogP contribution in [0.1, 0.15) is 6.92 Å². The molecule has 148 valence electrons. The Morgan fingerprint density at radius 3 is 2.75 bits per heavy atom. The Balaban J connectivity index is 0.00000192. The quantitative estimate of drug-likeness (QED) is 0.516. The van der Waals surface area contributed by atoms with Crippen molar-refractivity contribution in [3.05, 3.63) is 35.0 Å². The van der Waals surface area contributed by atoms with Crippen LogP contribution in [0.2, 0.25) is 0 Å². The summed E-state index contributed by atoms with van der Waals surface area (Å²) in [5.74, 6) is 2.92. The molecule has 6 nitrogen and oxygen atoms in total. The molecule has 3 aliphatic rings. The first-order valence-electron chi connectivity index (χ1n) is 9.34. The molecule has 0 bridgehead atoms. The van der Waals surface area contributed by atoms with Crippen LogP contribution in [-0.2, 0) is 0 Å². The molecule has 8 heteroatoms. The van der Waals surface area contributed by atoms with Crippen molar-refractivity contribution in [3.63, 3.8) is 0 Å². The molecule has 0 N–H and O–H groups in total. The minimum absolute atomic E-state index is 0. The average molecular weight is 405 g/mol. The Bertz CT molecular complexity index is 1040. The molecule has 28 heavy (non-hydrogen) atoms. The topological polar surface area (TPSA) is 46.3 Å². The highest BCUT2D eigenvalue weighted by molar-refractivity contribution is 5.72. The molecular weight excluding hydrogens is 384 g/mol. The van der Waals surface area contributed by atoms with E-state index in [2.05, 4.69) is 11.8 Å². The Labute approximate surface area is 168 Å². The zero-order chi connectivity index (χ0) is 18.4. The number of hydrogen-bond donors (Lipinski definition) is 0. The molecule has 0 saturated heterocycles. The van der Waals surface area contributed by atoms with Crippen molar-refractivity contribution in [1.29, 1.82) is 0 Å². The third-order valence-electron chi connectivity index (χ3n) is 5.20. The first kappa shape index (κ1) is 18.8. The molecule has 2 aromatic rings. The third-order valence-corrected chi connectivity index (χ3v) is 5.20. The summed E-state index contributed by atoms with van der Waals surface area (Å²) in [6.45, 7) is 5.72. The standard InChI is InChI=1S/C20H21FN3O3.ClH/c1-2-23-5-7-25-19-9-13-17(11-15(19)23)27-18-12-16-20(10-14(18)22-13)26-8-6-24(16)4-3-21;/h9-12H,2-8H2,1H3;1H/q+1;/p-1/i21-1;. The van der Waals surface area contributed by atoms with Crippen molar-refractivity contribution in [2.75, 3.05) is 51.0 Å². The summed E-state index contributed by atoms with van der Waals surface area (Å²) < 4.78 is 32.6. The number of hydrogen-bond acceptors (Lipinski definition) is 5. The fraction of sp³-hybridized carbons (Fsp3) is 0.400. The van der Waals surface area contributed by atoms with Gasteiger partial charge in [0.05, 0.1) is 18.3 Å². The molecule has 2 aromatic carbocycles. The number of fused-ring (bicyclic) bond motifs is 4. The van der Waals surface area contributed by atoms with Crippen LogP contribution in [0.5, 0.6) is 23.0 Å². The second-order valence-corrected chi connectivity index (χ2v) is 6.74. The van der Waals surface area contributed by atoms with E-state index in [0.717, 1.165) is 41.3 Å². The van der Waals surface area contributed by atoms with Gasteiger partial charge >= 0.3 is 0 Å². The second kappa shape index (κ2) is 7.47. The van der Waals surface area contributed by atoms with E-state index in [4.69, 9.17) is 19.2 Å². The molecule has 0 atom stereocenters. The van der Waals surface area contributed by atoms with Crippen LogP contribution in [0.15, 0.2) is 29.3 Å². The third kappa shape index (κ3) is 3.03. The van der Waals surface area contributed by atoms with Crippen LogP contribution in [0.4, 0.5) is 15.8 Å². The maximum Gasteiger partial charge on any atom is 0.246 e. The number of ether oxygens (including phenoxy) is 3. The van der Waals surface area contributed by atoms with E-state index < -0.39 is 6.67 Å². The van der Waals surface area contributed by atoms with Crippen LogP contribution in [-0.4, -0.2) is 46.1 Å². The van der Waals surface area contributed by atoms with Gasteiger partial charge in [-0.25, -0.2) is 14.0 Å². The Kier molecular flexibility index (Phi) is 5.02. The molecule has 0 aromatic heterocycles. The van der Waals surface area contributed by atoms with Gasteiger partial charge in [0.15, 0.2) is 30.3 Å². The lowest BCUT2D eigenvalue weighted by Gasteiger charge is -2.31. The number of alkyl halides is 1. The van der Waals surface area contributed by atoms with E-state index in [9.17, 15) is 4.39 Å². The Hall–Kier alpha value is -2.54. The lowest BCUT2D eigenvalue weighted by molar-refractivity contribution is -0.00000737. The van der Waals surface area contributed by atoms with E-state index in [-0.39, 0.29) is 12.4 Å². The van der Waals surface area contributed by atoms with Crippen LogP contribution >= 0.6 is 0 Å². The number of anilines is 1.